The van der Waals surface area contributed by atoms with Crippen LogP contribution in [-0.4, -0.2) is 79.8 Å². The van der Waals surface area contributed by atoms with Crippen LogP contribution in [0.1, 0.15) is 50.5 Å². The lowest BCUT2D eigenvalue weighted by molar-refractivity contribution is 0.582. The number of nitrogens with zero attached hydrogens (tertiary/aromatic N) is 2. The maximum atomic E-state index is 13.7. The Hall–Kier alpha value is -5.72. The van der Waals surface area contributed by atoms with Crippen molar-refractivity contribution in [3.63, 3.8) is 0 Å². The van der Waals surface area contributed by atoms with Crippen molar-refractivity contribution in [2.75, 3.05) is 26.2 Å². The van der Waals surface area contributed by atoms with E-state index >= 15 is 0 Å². The van der Waals surface area contributed by atoms with Crippen molar-refractivity contribution in [3.8, 4) is 44.5 Å². The Balaban J connectivity index is 1.52. The van der Waals surface area contributed by atoms with Crippen molar-refractivity contribution in [2.24, 2.45) is 0 Å². The molecule has 24 heteroatoms. The molecule has 5 heterocycles. The van der Waals surface area contributed by atoms with Crippen LogP contribution in [-0.2, 0) is 40.1 Å². The molecule has 0 saturated carbocycles. The Bertz CT molecular complexity index is 3730. The number of benzene rings is 4. The third kappa shape index (κ3) is 10.2. The molecule has 2 aliphatic rings. The van der Waals surface area contributed by atoms with Gasteiger partial charge in [0.1, 0.15) is 19.6 Å². The third-order valence-electron chi connectivity index (χ3n) is 12.2. The van der Waals surface area contributed by atoms with Crippen LogP contribution in [0.25, 0.3) is 90.9 Å². The van der Waals surface area contributed by atoms with E-state index in [4.69, 9.17) is 56.4 Å². The maximum absolute atomic E-state index is 13.7. The van der Waals surface area contributed by atoms with E-state index in [2.05, 4.69) is 28.9 Å². The van der Waals surface area contributed by atoms with Crippen molar-refractivity contribution in [1.29, 1.82) is 0 Å². The molecule has 3 aromatic heterocycles. The first-order chi connectivity index (χ1) is 36.2. The van der Waals surface area contributed by atoms with Crippen LogP contribution in [0.3, 0.4) is 0 Å². The Kier molecular flexibility index (Phi) is 15.6. The average molecular weight is 1180 g/mol. The molecule has 2 aliphatic heterocycles. The number of rotatable bonds is 16. The van der Waals surface area contributed by atoms with Gasteiger partial charge in [0.15, 0.2) is 0 Å². The number of fused-ring (bicyclic) bond motifs is 8. The highest BCUT2D eigenvalue weighted by Crippen LogP contribution is 2.45. The molecule has 0 amide bonds. The number of halogens is 4. The quantitative estimate of drug-likeness (QED) is 0.0534. The van der Waals surface area contributed by atoms with E-state index < -0.39 is 40.1 Å². The molecule has 394 valence electrons. The van der Waals surface area contributed by atoms with Crippen molar-refractivity contribution in [1.82, 2.24) is 38.8 Å². The highest BCUT2D eigenvalue weighted by molar-refractivity contribution is 7.90. The van der Waals surface area contributed by atoms with Crippen molar-refractivity contribution >= 4 is 133 Å². The second-order valence-electron chi connectivity index (χ2n) is 17.0. The summed E-state index contributed by atoms with van der Waals surface area (Å²) < 4.78 is 119. The van der Waals surface area contributed by atoms with Gasteiger partial charge in [-0.25, -0.2) is 62.5 Å². The summed E-state index contributed by atoms with van der Waals surface area (Å²) in [5, 5.41) is -0.514. The van der Waals surface area contributed by atoms with E-state index in [-0.39, 0.29) is 111 Å². The first kappa shape index (κ1) is 55.0. The maximum Gasteiger partial charge on any atom is 0.242 e. The average Bonchev–Trinajstić information content (AvgIpc) is 4.22. The molecule has 0 atom stereocenters. The summed E-state index contributed by atoms with van der Waals surface area (Å²) in [6, 6.07) is 25.2. The fourth-order valence-corrected chi connectivity index (χ4v) is 15.7. The van der Waals surface area contributed by atoms with Gasteiger partial charge in [0.05, 0.1) is 42.9 Å². The van der Waals surface area contributed by atoms with Crippen LogP contribution in [0.5, 0.6) is 0 Å². The molecule has 6 N–H and O–H groups in total. The van der Waals surface area contributed by atoms with Gasteiger partial charge in [0.25, 0.3) is 0 Å². The van der Waals surface area contributed by atoms with Gasteiger partial charge in [-0.1, -0.05) is 123 Å². The van der Waals surface area contributed by atoms with Crippen LogP contribution in [0.2, 0.25) is 20.1 Å². The molecule has 0 radical (unpaired) electrons. The Morgan fingerprint density at radius 3 is 0.763 bits per heavy atom. The smallest absolute Gasteiger partial charge is 0.242 e. The highest BCUT2D eigenvalue weighted by atomic mass is 35.5. The molecule has 0 saturated heterocycles. The molecular weight excluding hydrogens is 1130 g/mol. The summed E-state index contributed by atoms with van der Waals surface area (Å²) in [7, 11) is -16.5. The van der Waals surface area contributed by atoms with E-state index in [1.54, 1.807) is 125 Å². The number of sulfonamides is 4. The number of nitrogens with one attached hydrogen (secondary N) is 6. The van der Waals surface area contributed by atoms with E-state index in [1.807, 2.05) is 0 Å². The number of aromatic nitrogens is 4. The van der Waals surface area contributed by atoms with Gasteiger partial charge in [0.2, 0.25) is 40.1 Å². The fraction of sp³-hybridized carbons (Fsp3) is 0.154. The molecular formula is C52H46Cl4N8O8S4. The Labute approximate surface area is 459 Å². The van der Waals surface area contributed by atoms with Crippen LogP contribution in [0.4, 0.5) is 0 Å². The number of hydrogen-bond acceptors (Lipinski definition) is 10. The first-order valence-electron chi connectivity index (χ1n) is 23.5. The minimum atomic E-state index is -4.13. The summed E-state index contributed by atoms with van der Waals surface area (Å²) in [6.45, 7) is 6.89. The summed E-state index contributed by atoms with van der Waals surface area (Å²) in [6.07, 6.45) is 6.77. The SMILES string of the molecule is CCNS(=O)(=O)c1cccc(-c2c3nc(c(-c4cccc(S(=O)(=O)NCC)c4Cl)c4ccc([nH]4)c(-c4cccc(S(=O)(=O)NCC)c4Cl)c4nc(c(-c5cccc(S(=O)(=O)NCC)c5Cl)c5ccc2[nH]5)C=C4)C=C3)c1Cl. The van der Waals surface area contributed by atoms with Gasteiger partial charge in [-0.3, -0.25) is 0 Å². The minimum absolute atomic E-state index is 0.0819. The lowest BCUT2D eigenvalue weighted by atomic mass is 10.0. The zero-order valence-corrected chi connectivity index (χ0v) is 47.0. The first-order valence-corrected chi connectivity index (χ1v) is 30.9. The Morgan fingerprint density at radius 2 is 0.566 bits per heavy atom. The third-order valence-corrected chi connectivity index (χ3v) is 20.6. The minimum Gasteiger partial charge on any atom is -0.354 e. The van der Waals surface area contributed by atoms with Crippen LogP contribution in [0.15, 0.2) is 117 Å². The van der Waals surface area contributed by atoms with Gasteiger partial charge in [-0.2, -0.15) is 0 Å². The van der Waals surface area contributed by atoms with Crippen molar-refractivity contribution in [3.05, 3.63) is 140 Å². The molecule has 4 aromatic carbocycles. The van der Waals surface area contributed by atoms with Crippen molar-refractivity contribution < 1.29 is 33.7 Å². The molecule has 9 rings (SSSR count). The van der Waals surface area contributed by atoms with Crippen LogP contribution < -0.4 is 18.9 Å². The molecule has 8 bridgehead atoms. The molecule has 0 fully saturated rings. The second kappa shape index (κ2) is 21.6. The predicted molar refractivity (Wildman–Crippen MR) is 304 cm³/mol. The highest BCUT2D eigenvalue weighted by Gasteiger charge is 2.29. The van der Waals surface area contributed by atoms with E-state index in [1.165, 1.54) is 24.3 Å². The second-order valence-corrected chi connectivity index (χ2v) is 25.4. The van der Waals surface area contributed by atoms with E-state index in [0.29, 0.717) is 44.3 Å². The molecule has 7 aromatic rings. The monoisotopic (exact) mass is 1180 g/mol. The zero-order chi connectivity index (χ0) is 54.5. The molecule has 0 aliphatic carbocycles. The van der Waals surface area contributed by atoms with E-state index in [0.717, 1.165) is 0 Å². The standard InChI is InChI=1S/C52H46Cl4N8O8S4/c1-5-57-73(65,66)41-17-9-13-29(49(41)53)45-33-21-23-35(61-33)46(30-14-10-18-42(50(30)54)74(67,68)58-6-2)37-25-27-39(63-37)48(32-16-12-20-44(52(32)56)76(71,72)60-8-4)40-28-26-38(64-40)47(36-24-22-34(45)62-36)31-15-11-19-43(51(31)55)75(69,70)59-7-3/h9-28,57-61,64H,5-8H2,1-4H3. The lowest BCUT2D eigenvalue weighted by Gasteiger charge is -2.13. The van der Waals surface area contributed by atoms with Crippen LogP contribution in [0, 0.1) is 0 Å². The van der Waals surface area contributed by atoms with Gasteiger partial charge >= 0.3 is 0 Å². The van der Waals surface area contributed by atoms with Gasteiger partial charge in [-0.05, 0) is 72.8 Å². The fourth-order valence-electron chi connectivity index (χ4n) is 9.06. The van der Waals surface area contributed by atoms with E-state index in [9.17, 15) is 33.7 Å². The van der Waals surface area contributed by atoms with Crippen LogP contribution >= 0.6 is 46.4 Å². The molecule has 16 nitrogen and oxygen atoms in total. The number of H-pyrrole nitrogens is 2. The summed E-state index contributed by atoms with van der Waals surface area (Å²) in [4.78, 5) is 16.5. The number of hydrogen-bond donors (Lipinski definition) is 6. The normalized spacial score (nSPS) is 12.9. The van der Waals surface area contributed by atoms with Gasteiger partial charge in [-0.15, -0.1) is 0 Å². The topological polar surface area (TPSA) is 242 Å². The van der Waals surface area contributed by atoms with Crippen molar-refractivity contribution in [2.45, 2.75) is 47.3 Å². The molecule has 0 spiro atoms. The summed E-state index contributed by atoms with van der Waals surface area (Å²) in [5.41, 5.74) is 4.86. The Morgan fingerprint density at radius 1 is 0.355 bits per heavy atom. The van der Waals surface area contributed by atoms with Gasteiger partial charge < -0.3 is 9.97 Å². The molecule has 0 unspecified atom stereocenters. The summed E-state index contributed by atoms with van der Waals surface area (Å²) in [5.74, 6) is 0. The summed E-state index contributed by atoms with van der Waals surface area (Å²) >= 11 is 28.7. The predicted octanol–water partition coefficient (Wildman–Crippen LogP) is 11.1. The number of aromatic amines is 2. The zero-order valence-electron chi connectivity index (χ0n) is 40.7. The molecule has 76 heavy (non-hydrogen) atoms. The van der Waals surface area contributed by atoms with Gasteiger partial charge in [0, 0.05) is 92.8 Å². The lowest BCUT2D eigenvalue weighted by Crippen LogP contribution is -2.23. The largest absolute Gasteiger partial charge is 0.354 e.